The van der Waals surface area contributed by atoms with Gasteiger partial charge >= 0.3 is 5.97 Å². The molecule has 0 aliphatic rings. The van der Waals surface area contributed by atoms with Crippen LogP contribution in [0.15, 0.2) is 54.3 Å². The van der Waals surface area contributed by atoms with Gasteiger partial charge in [-0.25, -0.2) is 4.79 Å². The molecule has 138 valence electrons. The number of ether oxygens (including phenoxy) is 3. The number of carbonyl (C=O) groups is 1. The van der Waals surface area contributed by atoms with Crippen LogP contribution in [0.5, 0.6) is 11.5 Å². The van der Waals surface area contributed by atoms with Gasteiger partial charge in [0.25, 0.3) is 0 Å². The maximum atomic E-state index is 11.1. The first-order valence-electron chi connectivity index (χ1n) is 8.16. The van der Waals surface area contributed by atoms with Gasteiger partial charge in [-0.2, -0.15) is 0 Å². The molecule has 0 aliphatic carbocycles. The zero-order valence-corrected chi connectivity index (χ0v) is 14.7. The summed E-state index contributed by atoms with van der Waals surface area (Å²) in [5, 5.41) is 19.3. The Labute approximate surface area is 152 Å². The van der Waals surface area contributed by atoms with E-state index in [4.69, 9.17) is 19.3 Å². The molecule has 0 aromatic heterocycles. The molecule has 0 unspecified atom stereocenters. The highest BCUT2D eigenvalue weighted by atomic mass is 16.5. The lowest BCUT2D eigenvalue weighted by molar-refractivity contribution is -0.136. The van der Waals surface area contributed by atoms with Gasteiger partial charge in [0.05, 0.1) is 13.7 Å². The van der Waals surface area contributed by atoms with Gasteiger partial charge in [0.15, 0.2) is 0 Å². The van der Waals surface area contributed by atoms with Gasteiger partial charge in [-0.3, -0.25) is 0 Å². The molecular formula is C20H22O6. The average molecular weight is 358 g/mol. The average Bonchev–Trinajstić information content (AvgIpc) is 2.66. The molecule has 0 radical (unpaired) electrons. The number of aliphatic hydroxyl groups is 1. The largest absolute Gasteiger partial charge is 0.497 e. The van der Waals surface area contributed by atoms with Crippen molar-refractivity contribution >= 4 is 12.0 Å². The van der Waals surface area contributed by atoms with Crippen molar-refractivity contribution in [1.29, 1.82) is 0 Å². The summed E-state index contributed by atoms with van der Waals surface area (Å²) in [7, 11) is 1.57. The third-order valence-electron chi connectivity index (χ3n) is 3.57. The summed E-state index contributed by atoms with van der Waals surface area (Å²) >= 11 is 0. The van der Waals surface area contributed by atoms with Crippen LogP contribution in [0.3, 0.4) is 0 Å². The van der Waals surface area contributed by atoms with Crippen LogP contribution in [0.4, 0.5) is 0 Å². The summed E-state index contributed by atoms with van der Waals surface area (Å²) in [6.07, 6.45) is 0.655. The van der Waals surface area contributed by atoms with E-state index >= 15 is 0 Å². The van der Waals surface area contributed by atoms with Gasteiger partial charge in [0.2, 0.25) is 5.76 Å². The zero-order chi connectivity index (χ0) is 18.9. The Kier molecular flexibility index (Phi) is 7.05. The summed E-state index contributed by atoms with van der Waals surface area (Å²) in [4.78, 5) is 11.1. The van der Waals surface area contributed by atoms with Gasteiger partial charge in [-0.15, -0.1) is 0 Å². The maximum Gasteiger partial charge on any atom is 0.371 e. The monoisotopic (exact) mass is 358 g/mol. The van der Waals surface area contributed by atoms with Crippen molar-refractivity contribution < 1.29 is 29.2 Å². The third-order valence-corrected chi connectivity index (χ3v) is 3.57. The van der Waals surface area contributed by atoms with Crippen molar-refractivity contribution in [2.75, 3.05) is 20.3 Å². The van der Waals surface area contributed by atoms with Crippen molar-refractivity contribution in [3.05, 3.63) is 65.4 Å². The quantitative estimate of drug-likeness (QED) is 0.529. The molecular weight excluding hydrogens is 336 g/mol. The van der Waals surface area contributed by atoms with Crippen LogP contribution in [0, 0.1) is 0 Å². The summed E-state index contributed by atoms with van der Waals surface area (Å²) < 4.78 is 15.8. The maximum absolute atomic E-state index is 11.1. The first-order valence-corrected chi connectivity index (χ1v) is 8.16. The van der Waals surface area contributed by atoms with Gasteiger partial charge in [-0.1, -0.05) is 24.3 Å². The van der Waals surface area contributed by atoms with Crippen LogP contribution in [0.1, 0.15) is 24.2 Å². The van der Waals surface area contributed by atoms with E-state index in [1.54, 1.807) is 62.6 Å². The molecule has 0 amide bonds. The highest BCUT2D eigenvalue weighted by Crippen LogP contribution is 2.21. The van der Waals surface area contributed by atoms with Gasteiger partial charge < -0.3 is 24.4 Å². The number of carboxylic acids is 1. The normalized spacial score (nSPS) is 12.3. The van der Waals surface area contributed by atoms with Crippen LogP contribution in [-0.2, 0) is 9.53 Å². The van der Waals surface area contributed by atoms with E-state index in [1.807, 2.05) is 0 Å². The van der Waals surface area contributed by atoms with Crippen molar-refractivity contribution in [2.45, 2.75) is 13.0 Å². The van der Waals surface area contributed by atoms with E-state index in [-0.39, 0.29) is 19.0 Å². The molecule has 26 heavy (non-hydrogen) atoms. The Morgan fingerprint density at radius 1 is 1.15 bits per heavy atom. The minimum atomic E-state index is -1.12. The number of hydrogen-bond acceptors (Lipinski definition) is 5. The van der Waals surface area contributed by atoms with Crippen molar-refractivity contribution in [2.24, 2.45) is 0 Å². The Morgan fingerprint density at radius 3 is 2.50 bits per heavy atom. The van der Waals surface area contributed by atoms with E-state index in [0.29, 0.717) is 22.6 Å². The number of methoxy groups -OCH3 is 1. The number of carboxylic acid groups (broad SMARTS) is 1. The Bertz CT molecular complexity index is 751. The lowest BCUT2D eigenvalue weighted by Crippen LogP contribution is -2.09. The summed E-state index contributed by atoms with van der Waals surface area (Å²) in [6, 6.07) is 14.0. The minimum Gasteiger partial charge on any atom is -0.497 e. The smallest absolute Gasteiger partial charge is 0.371 e. The molecule has 6 nitrogen and oxygen atoms in total. The molecule has 2 N–H and O–H groups in total. The molecule has 0 heterocycles. The van der Waals surface area contributed by atoms with Gasteiger partial charge in [-0.05, 0) is 48.4 Å². The predicted octanol–water partition coefficient (Wildman–Crippen LogP) is 3.27. The van der Waals surface area contributed by atoms with E-state index in [2.05, 4.69) is 0 Å². The molecule has 0 bridgehead atoms. The van der Waals surface area contributed by atoms with Crippen LogP contribution in [-0.4, -0.2) is 36.5 Å². The number of hydrogen-bond donors (Lipinski definition) is 2. The number of benzene rings is 2. The lowest BCUT2D eigenvalue weighted by Gasteiger charge is -2.13. The van der Waals surface area contributed by atoms with Crippen molar-refractivity contribution in [3.63, 3.8) is 0 Å². The second-order valence-corrected chi connectivity index (χ2v) is 5.42. The SMILES string of the molecule is CCO/C(=C\c1ccc(OC[C@@H](O)c2cccc(OC)c2)cc1)C(=O)O. The highest BCUT2D eigenvalue weighted by molar-refractivity contribution is 5.89. The fourth-order valence-electron chi connectivity index (χ4n) is 2.25. The second kappa shape index (κ2) is 9.48. The predicted molar refractivity (Wildman–Crippen MR) is 97.1 cm³/mol. The standard InChI is InChI=1S/C20H22O6/c1-3-25-19(20(22)23)11-14-7-9-16(10-8-14)26-13-18(21)15-5-4-6-17(12-15)24-2/h4-12,18,21H,3,13H2,1-2H3,(H,22,23)/b19-11-/t18-/m1/s1. The summed E-state index contributed by atoms with van der Waals surface area (Å²) in [6.45, 7) is 2.09. The Hall–Kier alpha value is -2.99. The number of rotatable bonds is 9. The van der Waals surface area contributed by atoms with Crippen LogP contribution in [0.25, 0.3) is 6.08 Å². The van der Waals surface area contributed by atoms with Crippen LogP contribution in [0.2, 0.25) is 0 Å². The molecule has 0 spiro atoms. The summed E-state index contributed by atoms with van der Waals surface area (Å²) in [5.74, 6) is 0.00167. The van der Waals surface area contributed by atoms with Gasteiger partial charge in [0, 0.05) is 0 Å². The van der Waals surface area contributed by atoms with Crippen molar-refractivity contribution in [1.82, 2.24) is 0 Å². The topological polar surface area (TPSA) is 85.2 Å². The second-order valence-electron chi connectivity index (χ2n) is 5.42. The van der Waals surface area contributed by atoms with E-state index in [1.165, 1.54) is 6.08 Å². The molecule has 6 heteroatoms. The van der Waals surface area contributed by atoms with E-state index in [0.717, 1.165) is 0 Å². The van der Waals surface area contributed by atoms with Gasteiger partial charge in [0.1, 0.15) is 24.2 Å². The van der Waals surface area contributed by atoms with Crippen LogP contribution >= 0.6 is 0 Å². The van der Waals surface area contributed by atoms with Crippen molar-refractivity contribution in [3.8, 4) is 11.5 Å². The molecule has 2 aromatic rings. The first kappa shape index (κ1) is 19.3. The molecule has 0 fully saturated rings. The van der Waals surface area contributed by atoms with E-state index in [9.17, 15) is 9.90 Å². The summed E-state index contributed by atoms with van der Waals surface area (Å²) in [5.41, 5.74) is 1.38. The number of aliphatic hydroxyl groups excluding tert-OH is 1. The zero-order valence-electron chi connectivity index (χ0n) is 14.7. The first-order chi connectivity index (χ1) is 12.5. The third kappa shape index (κ3) is 5.53. The highest BCUT2D eigenvalue weighted by Gasteiger charge is 2.10. The molecule has 0 aliphatic heterocycles. The van der Waals surface area contributed by atoms with E-state index < -0.39 is 12.1 Å². The fourth-order valence-corrected chi connectivity index (χ4v) is 2.25. The Balaban J connectivity index is 1.98. The van der Waals surface area contributed by atoms with Crippen LogP contribution < -0.4 is 9.47 Å². The lowest BCUT2D eigenvalue weighted by atomic mass is 10.1. The fraction of sp³-hybridized carbons (Fsp3) is 0.250. The minimum absolute atomic E-state index is 0.0850. The molecule has 0 saturated carbocycles. The molecule has 1 atom stereocenters. The number of aliphatic carboxylic acids is 1. The Morgan fingerprint density at radius 2 is 1.88 bits per heavy atom. The molecule has 2 aromatic carbocycles. The molecule has 2 rings (SSSR count). The molecule has 0 saturated heterocycles.